The minimum Gasteiger partial charge on any atom is -0.396 e. The number of amides is 8. The van der Waals surface area contributed by atoms with Crippen LogP contribution < -0.4 is 0 Å². The Labute approximate surface area is 228 Å². The van der Waals surface area contributed by atoms with Crippen LogP contribution in [-0.2, 0) is 48.0 Å². The van der Waals surface area contributed by atoms with E-state index in [2.05, 4.69) is 0 Å². The summed E-state index contributed by atoms with van der Waals surface area (Å²) in [7, 11) is 0. The molecule has 0 aromatic rings. The van der Waals surface area contributed by atoms with E-state index in [9.17, 15) is 43.2 Å². The highest BCUT2D eigenvalue weighted by atomic mass is 16.7. The highest BCUT2D eigenvalue weighted by Gasteiger charge is 2.68. The average molecular weight is 576 g/mol. The molecule has 4 heterocycles. The van der Waals surface area contributed by atoms with Crippen LogP contribution in [0, 0.1) is 5.41 Å². The van der Waals surface area contributed by atoms with Crippen molar-refractivity contribution >= 4 is 53.2 Å². The van der Waals surface area contributed by atoms with Crippen LogP contribution in [0.15, 0.2) is 48.6 Å². The van der Waals surface area contributed by atoms with Crippen molar-refractivity contribution in [3.05, 3.63) is 48.6 Å². The van der Waals surface area contributed by atoms with Crippen LogP contribution in [0.5, 0.6) is 0 Å². The van der Waals surface area contributed by atoms with E-state index in [1.54, 1.807) is 0 Å². The van der Waals surface area contributed by atoms with E-state index in [4.69, 9.17) is 25.3 Å². The molecule has 0 saturated heterocycles. The van der Waals surface area contributed by atoms with Gasteiger partial charge >= 0.3 is 11.8 Å². The fraction of sp³-hybridized carbons (Fsp3) is 0.261. The third kappa shape index (κ3) is 4.98. The van der Waals surface area contributed by atoms with E-state index in [1.807, 2.05) is 0 Å². The summed E-state index contributed by atoms with van der Waals surface area (Å²) in [6.07, 6.45) is 5.32. The van der Waals surface area contributed by atoms with Gasteiger partial charge in [0.15, 0.2) is 0 Å². The van der Waals surface area contributed by atoms with Crippen LogP contribution in [0.4, 0.5) is 0 Å². The molecular formula is C23H20N4O14. The average Bonchev–Trinajstić information content (AvgIpc) is 3.68. The standard InChI is InChI=1S/C18H8N4O10.C5H12O4/c23-9-1-2-10(24)19(9)18(20-11(25)3-4-12(20)26,21-13(27)5-6-14(21)28)17(31)32-22-15(29)7-8-16(22)30;6-1-5(2-7,3-8)4-9/h1-8H;6-9H,1-4H2. The third-order valence-corrected chi connectivity index (χ3v) is 5.92. The number of aliphatic hydroxyl groups excluding tert-OH is 4. The van der Waals surface area contributed by atoms with Gasteiger partial charge in [-0.05, 0) is 0 Å². The summed E-state index contributed by atoms with van der Waals surface area (Å²) in [5.74, 6) is -15.6. The molecule has 0 spiro atoms. The number of hydrogen-bond donors (Lipinski definition) is 4. The monoisotopic (exact) mass is 576 g/mol. The fourth-order valence-corrected chi connectivity index (χ4v) is 3.62. The van der Waals surface area contributed by atoms with Gasteiger partial charge in [-0.3, -0.25) is 38.4 Å². The van der Waals surface area contributed by atoms with Crippen LogP contribution in [0.25, 0.3) is 0 Å². The summed E-state index contributed by atoms with van der Waals surface area (Å²) >= 11 is 0. The van der Waals surface area contributed by atoms with Gasteiger partial charge in [-0.2, -0.15) is 0 Å². The highest BCUT2D eigenvalue weighted by Crippen LogP contribution is 2.35. The molecule has 4 N–H and O–H groups in total. The number of hydrogen-bond acceptors (Lipinski definition) is 14. The minimum atomic E-state index is -3.46. The Morgan fingerprint density at radius 1 is 0.512 bits per heavy atom. The summed E-state index contributed by atoms with van der Waals surface area (Å²) < 4.78 is 0. The van der Waals surface area contributed by atoms with Gasteiger partial charge in [-0.25, -0.2) is 19.5 Å². The van der Waals surface area contributed by atoms with E-state index < -0.39 is 90.9 Å². The largest absolute Gasteiger partial charge is 0.403 e. The van der Waals surface area contributed by atoms with Crippen molar-refractivity contribution in [2.75, 3.05) is 26.4 Å². The van der Waals surface area contributed by atoms with Crippen molar-refractivity contribution < 1.29 is 68.4 Å². The molecule has 0 bridgehead atoms. The second kappa shape index (κ2) is 11.5. The normalized spacial score (nSPS) is 18.5. The predicted octanol–water partition coefficient (Wildman–Crippen LogP) is -5.26. The SMILES string of the molecule is O=C1C=CC(=O)N1OC(=O)C(N1C(=O)C=CC1=O)(N1C(=O)C=CC1=O)N1C(=O)C=CC1=O.OCC(CO)(CO)CO. The van der Waals surface area contributed by atoms with E-state index in [0.717, 1.165) is 0 Å². The molecule has 4 rings (SSSR count). The smallest absolute Gasteiger partial charge is 0.396 e. The fourth-order valence-electron chi connectivity index (χ4n) is 3.62. The Bertz CT molecular complexity index is 1180. The van der Waals surface area contributed by atoms with E-state index in [0.29, 0.717) is 48.6 Å². The van der Waals surface area contributed by atoms with Gasteiger partial charge in [0.25, 0.3) is 47.3 Å². The van der Waals surface area contributed by atoms with Crippen molar-refractivity contribution in [1.82, 2.24) is 19.8 Å². The van der Waals surface area contributed by atoms with Gasteiger partial charge in [0.05, 0.1) is 31.8 Å². The second-order valence-electron chi connectivity index (χ2n) is 8.49. The number of aliphatic hydroxyl groups is 4. The summed E-state index contributed by atoms with van der Waals surface area (Å²) in [4.78, 5) is 117. The summed E-state index contributed by atoms with van der Waals surface area (Å²) in [5.41, 5.74) is -1.11. The Balaban J connectivity index is 0.000000445. The maximum atomic E-state index is 13.4. The van der Waals surface area contributed by atoms with Gasteiger partial charge in [0.2, 0.25) is 0 Å². The molecule has 0 aromatic carbocycles. The maximum Gasteiger partial charge on any atom is 0.403 e. The van der Waals surface area contributed by atoms with E-state index in [1.165, 1.54) is 0 Å². The first-order valence-electron chi connectivity index (χ1n) is 11.3. The molecule has 0 saturated carbocycles. The quantitative estimate of drug-likeness (QED) is 0.187. The van der Waals surface area contributed by atoms with E-state index >= 15 is 0 Å². The van der Waals surface area contributed by atoms with Gasteiger partial charge in [-0.15, -0.1) is 0 Å². The van der Waals surface area contributed by atoms with Crippen molar-refractivity contribution in [3.63, 3.8) is 0 Å². The van der Waals surface area contributed by atoms with Gasteiger partial charge in [0, 0.05) is 48.6 Å². The zero-order valence-electron chi connectivity index (χ0n) is 20.6. The molecule has 18 nitrogen and oxygen atoms in total. The number of rotatable bonds is 9. The lowest BCUT2D eigenvalue weighted by Crippen LogP contribution is -2.78. The van der Waals surface area contributed by atoms with Crippen molar-refractivity contribution in [3.8, 4) is 0 Å². The lowest BCUT2D eigenvalue weighted by atomic mass is 9.93. The van der Waals surface area contributed by atoms with Crippen LogP contribution >= 0.6 is 0 Å². The van der Waals surface area contributed by atoms with Crippen molar-refractivity contribution in [1.29, 1.82) is 0 Å². The number of imide groups is 4. The zero-order valence-corrected chi connectivity index (χ0v) is 20.6. The Hall–Kier alpha value is -5.17. The van der Waals surface area contributed by atoms with E-state index in [-0.39, 0.29) is 19.8 Å². The molecule has 0 aromatic heterocycles. The lowest BCUT2D eigenvalue weighted by Gasteiger charge is -2.46. The molecule has 0 radical (unpaired) electrons. The molecular weight excluding hydrogens is 556 g/mol. The Kier molecular flexibility index (Phi) is 8.53. The molecule has 8 amide bonds. The predicted molar refractivity (Wildman–Crippen MR) is 124 cm³/mol. The molecule has 4 aliphatic rings. The molecule has 0 unspecified atom stereocenters. The van der Waals surface area contributed by atoms with Crippen molar-refractivity contribution in [2.24, 2.45) is 5.41 Å². The number of carbonyl (C=O) groups excluding carboxylic acids is 9. The van der Waals surface area contributed by atoms with Crippen LogP contribution in [-0.4, -0.2) is 126 Å². The number of carbonyl (C=O) groups is 9. The van der Waals surface area contributed by atoms with Crippen LogP contribution in [0.3, 0.4) is 0 Å². The Morgan fingerprint density at radius 2 is 0.756 bits per heavy atom. The molecule has 4 aliphatic heterocycles. The molecule has 216 valence electrons. The second-order valence-corrected chi connectivity index (χ2v) is 8.49. The van der Waals surface area contributed by atoms with Crippen LogP contribution in [0.1, 0.15) is 0 Å². The summed E-state index contributed by atoms with van der Waals surface area (Å²) in [5, 5.41) is 33.9. The first-order valence-corrected chi connectivity index (χ1v) is 11.3. The minimum absolute atomic E-state index is 0.0284. The molecule has 0 atom stereocenters. The Morgan fingerprint density at radius 3 is 0.976 bits per heavy atom. The van der Waals surface area contributed by atoms with Crippen LogP contribution in [0.2, 0.25) is 0 Å². The number of nitrogens with zero attached hydrogens (tertiary/aromatic N) is 4. The topological polar surface area (TPSA) is 257 Å². The highest BCUT2D eigenvalue weighted by molar-refractivity contribution is 6.24. The first kappa shape index (κ1) is 30.4. The number of hydroxylamine groups is 2. The van der Waals surface area contributed by atoms with Gasteiger partial charge in [0.1, 0.15) is 0 Å². The first-order chi connectivity index (χ1) is 19.3. The van der Waals surface area contributed by atoms with Gasteiger partial charge < -0.3 is 25.3 Å². The zero-order chi connectivity index (χ0) is 30.7. The summed E-state index contributed by atoms with van der Waals surface area (Å²) in [6.45, 7) is -1.62. The van der Waals surface area contributed by atoms with Crippen molar-refractivity contribution in [2.45, 2.75) is 5.79 Å². The lowest BCUT2D eigenvalue weighted by molar-refractivity contribution is -0.228. The third-order valence-electron chi connectivity index (χ3n) is 5.92. The molecule has 0 aliphatic carbocycles. The molecule has 0 fully saturated rings. The van der Waals surface area contributed by atoms with Gasteiger partial charge in [-0.1, -0.05) is 5.06 Å². The maximum absolute atomic E-state index is 13.4. The summed E-state index contributed by atoms with van der Waals surface area (Å²) in [6, 6.07) is 0. The molecule has 41 heavy (non-hydrogen) atoms. The molecule has 18 heteroatoms.